The van der Waals surface area contributed by atoms with Gasteiger partial charge >= 0.3 is 0 Å². The summed E-state index contributed by atoms with van der Waals surface area (Å²) >= 11 is 0. The summed E-state index contributed by atoms with van der Waals surface area (Å²) < 4.78 is 7.13. The lowest BCUT2D eigenvalue weighted by molar-refractivity contribution is 0.0948. The summed E-state index contributed by atoms with van der Waals surface area (Å²) in [7, 11) is 0. The molecular formula is C11H13N3O2. The monoisotopic (exact) mass is 219 g/mol. The van der Waals surface area contributed by atoms with E-state index >= 15 is 0 Å². The Kier molecular flexibility index (Phi) is 3.10. The average molecular weight is 219 g/mol. The summed E-state index contributed by atoms with van der Waals surface area (Å²) in [6.07, 6.45) is 8.08. The van der Waals surface area contributed by atoms with Gasteiger partial charge in [0.05, 0.1) is 12.8 Å². The molecule has 0 bridgehead atoms. The van der Waals surface area contributed by atoms with Gasteiger partial charge in [-0.1, -0.05) is 0 Å². The summed E-state index contributed by atoms with van der Waals surface area (Å²) in [4.78, 5) is 11.7. The van der Waals surface area contributed by atoms with E-state index in [1.807, 2.05) is 0 Å². The van der Waals surface area contributed by atoms with Crippen molar-refractivity contribution in [2.24, 2.45) is 0 Å². The van der Waals surface area contributed by atoms with Crippen molar-refractivity contribution in [3.05, 3.63) is 11.8 Å². The molecule has 5 nitrogen and oxygen atoms in total. The SMILES string of the molecule is C#CCCNC(=O)c1cnn2c1OCCC2. The first-order valence-corrected chi connectivity index (χ1v) is 5.23. The molecule has 1 N–H and O–H groups in total. The quantitative estimate of drug-likeness (QED) is 0.592. The van der Waals surface area contributed by atoms with Gasteiger partial charge in [-0.15, -0.1) is 12.3 Å². The molecule has 1 aliphatic heterocycles. The number of carbonyl (C=O) groups excluding carboxylic acids is 1. The van der Waals surface area contributed by atoms with Gasteiger partial charge in [-0.05, 0) is 0 Å². The maximum Gasteiger partial charge on any atom is 0.258 e. The largest absolute Gasteiger partial charge is 0.477 e. The highest BCUT2D eigenvalue weighted by Crippen LogP contribution is 2.21. The number of ether oxygens (including phenoxy) is 1. The van der Waals surface area contributed by atoms with Crippen LogP contribution in [0.15, 0.2) is 6.20 Å². The highest BCUT2D eigenvalue weighted by molar-refractivity contribution is 5.96. The lowest BCUT2D eigenvalue weighted by Crippen LogP contribution is -2.25. The number of carbonyl (C=O) groups is 1. The Balaban J connectivity index is 2.06. The number of nitrogens with zero attached hydrogens (tertiary/aromatic N) is 2. The third-order valence-electron chi connectivity index (χ3n) is 2.34. The van der Waals surface area contributed by atoms with E-state index in [-0.39, 0.29) is 5.91 Å². The minimum Gasteiger partial charge on any atom is -0.477 e. The molecule has 0 saturated heterocycles. The van der Waals surface area contributed by atoms with Crippen molar-refractivity contribution >= 4 is 5.91 Å². The van der Waals surface area contributed by atoms with Crippen molar-refractivity contribution in [1.29, 1.82) is 0 Å². The Morgan fingerprint density at radius 3 is 3.44 bits per heavy atom. The first-order valence-electron chi connectivity index (χ1n) is 5.23. The third-order valence-corrected chi connectivity index (χ3v) is 2.34. The van der Waals surface area contributed by atoms with E-state index < -0.39 is 0 Å². The molecule has 0 aromatic carbocycles. The van der Waals surface area contributed by atoms with E-state index in [4.69, 9.17) is 11.2 Å². The van der Waals surface area contributed by atoms with Crippen LogP contribution >= 0.6 is 0 Å². The molecule has 0 fully saturated rings. The molecule has 0 unspecified atom stereocenters. The molecule has 2 heterocycles. The van der Waals surface area contributed by atoms with Gasteiger partial charge in [0.1, 0.15) is 5.56 Å². The number of rotatable bonds is 3. The molecule has 0 radical (unpaired) electrons. The Morgan fingerprint density at radius 2 is 2.62 bits per heavy atom. The second kappa shape index (κ2) is 4.71. The number of aromatic nitrogens is 2. The van der Waals surface area contributed by atoms with Crippen molar-refractivity contribution in [3.63, 3.8) is 0 Å². The number of aryl methyl sites for hydroxylation is 1. The smallest absolute Gasteiger partial charge is 0.258 e. The standard InChI is InChI=1S/C11H13N3O2/c1-2-3-5-12-10(15)9-8-13-14-6-4-7-16-11(9)14/h1,8H,3-7H2,(H,12,15). The molecule has 1 aliphatic rings. The van der Waals surface area contributed by atoms with Crippen molar-refractivity contribution < 1.29 is 9.53 Å². The third kappa shape index (κ3) is 2.01. The van der Waals surface area contributed by atoms with Gasteiger partial charge in [-0.25, -0.2) is 4.68 Å². The molecule has 5 heteroatoms. The van der Waals surface area contributed by atoms with Crippen LogP contribution < -0.4 is 10.1 Å². The fourth-order valence-corrected chi connectivity index (χ4v) is 1.57. The van der Waals surface area contributed by atoms with E-state index in [0.717, 1.165) is 13.0 Å². The second-order valence-corrected chi connectivity index (χ2v) is 3.50. The zero-order chi connectivity index (χ0) is 11.4. The number of terminal acetylenes is 1. The number of nitrogens with one attached hydrogen (secondary N) is 1. The van der Waals surface area contributed by atoms with Crippen LogP contribution in [0.4, 0.5) is 0 Å². The summed E-state index contributed by atoms with van der Waals surface area (Å²) in [5, 5.41) is 6.82. The van der Waals surface area contributed by atoms with Crippen molar-refractivity contribution in [2.45, 2.75) is 19.4 Å². The molecule has 16 heavy (non-hydrogen) atoms. The summed E-state index contributed by atoms with van der Waals surface area (Å²) in [6, 6.07) is 0. The molecule has 1 aromatic heterocycles. The zero-order valence-corrected chi connectivity index (χ0v) is 8.90. The Bertz CT molecular complexity index is 431. The molecule has 0 aliphatic carbocycles. The molecule has 0 spiro atoms. The van der Waals surface area contributed by atoms with Gasteiger partial charge < -0.3 is 10.1 Å². The minimum atomic E-state index is -0.182. The molecule has 2 rings (SSSR count). The fourth-order valence-electron chi connectivity index (χ4n) is 1.57. The van der Waals surface area contributed by atoms with Crippen LogP contribution in [0.1, 0.15) is 23.2 Å². The number of hydrogen-bond acceptors (Lipinski definition) is 3. The average Bonchev–Trinajstić information content (AvgIpc) is 2.73. The predicted octanol–water partition coefficient (Wildman–Crippen LogP) is 0.419. The fraction of sp³-hybridized carbons (Fsp3) is 0.455. The molecule has 0 saturated carbocycles. The Labute approximate surface area is 93.8 Å². The maximum atomic E-state index is 11.7. The van der Waals surface area contributed by atoms with E-state index in [2.05, 4.69) is 16.3 Å². The predicted molar refractivity (Wildman–Crippen MR) is 58.1 cm³/mol. The van der Waals surface area contributed by atoms with E-state index in [1.54, 1.807) is 4.68 Å². The topological polar surface area (TPSA) is 56.2 Å². The number of hydrogen-bond donors (Lipinski definition) is 1. The van der Waals surface area contributed by atoms with Crippen molar-refractivity contribution in [1.82, 2.24) is 15.1 Å². The number of amides is 1. The first-order chi connectivity index (χ1) is 7.83. The van der Waals surface area contributed by atoms with Gasteiger partial charge in [0.15, 0.2) is 0 Å². The normalized spacial score (nSPS) is 13.4. The molecule has 84 valence electrons. The lowest BCUT2D eigenvalue weighted by atomic mass is 10.3. The summed E-state index contributed by atoms with van der Waals surface area (Å²) in [5.74, 6) is 2.84. The maximum absolute atomic E-state index is 11.7. The Hall–Kier alpha value is -1.96. The van der Waals surface area contributed by atoms with E-state index in [9.17, 15) is 4.79 Å². The van der Waals surface area contributed by atoms with Crippen LogP contribution in [0.3, 0.4) is 0 Å². The lowest BCUT2D eigenvalue weighted by Gasteiger charge is -2.15. The molecular weight excluding hydrogens is 206 g/mol. The van der Waals surface area contributed by atoms with Gasteiger partial charge in [0.25, 0.3) is 5.91 Å². The first kappa shape index (κ1) is 10.6. The summed E-state index contributed by atoms with van der Waals surface area (Å²) in [6.45, 7) is 1.91. The highest BCUT2D eigenvalue weighted by Gasteiger charge is 2.20. The highest BCUT2D eigenvalue weighted by atomic mass is 16.5. The van der Waals surface area contributed by atoms with Gasteiger partial charge in [0.2, 0.25) is 5.88 Å². The van der Waals surface area contributed by atoms with E-state index in [0.29, 0.717) is 31.0 Å². The second-order valence-electron chi connectivity index (χ2n) is 3.50. The molecule has 1 aromatic rings. The van der Waals surface area contributed by atoms with E-state index in [1.165, 1.54) is 6.20 Å². The van der Waals surface area contributed by atoms with Gasteiger partial charge in [-0.3, -0.25) is 4.79 Å². The zero-order valence-electron chi connectivity index (χ0n) is 8.90. The van der Waals surface area contributed by atoms with Crippen molar-refractivity contribution in [2.75, 3.05) is 13.2 Å². The van der Waals surface area contributed by atoms with Gasteiger partial charge in [0, 0.05) is 25.9 Å². The Morgan fingerprint density at radius 1 is 1.75 bits per heavy atom. The number of fused-ring (bicyclic) bond motifs is 1. The molecule has 1 amide bonds. The van der Waals surface area contributed by atoms with Gasteiger partial charge in [-0.2, -0.15) is 5.10 Å². The van der Waals surface area contributed by atoms with Crippen LogP contribution in [0.2, 0.25) is 0 Å². The van der Waals surface area contributed by atoms with Crippen molar-refractivity contribution in [3.8, 4) is 18.2 Å². The van der Waals surface area contributed by atoms with Crippen LogP contribution in [-0.2, 0) is 6.54 Å². The van der Waals surface area contributed by atoms with Crippen LogP contribution in [-0.4, -0.2) is 28.8 Å². The van der Waals surface area contributed by atoms with Crippen LogP contribution in [0.5, 0.6) is 5.88 Å². The molecule has 0 atom stereocenters. The van der Waals surface area contributed by atoms with Crippen LogP contribution in [0, 0.1) is 12.3 Å². The summed E-state index contributed by atoms with van der Waals surface area (Å²) in [5.41, 5.74) is 0.483. The minimum absolute atomic E-state index is 0.182. The van der Waals surface area contributed by atoms with Crippen LogP contribution in [0.25, 0.3) is 0 Å².